The molecule has 0 radical (unpaired) electrons. The Morgan fingerprint density at radius 3 is 2.40 bits per heavy atom. The molecule has 2 N–H and O–H groups in total. The molecular weight excluding hydrogens is 276 g/mol. The molecule has 0 aliphatic carbocycles. The summed E-state index contributed by atoms with van der Waals surface area (Å²) in [5.74, 6) is 0. The van der Waals surface area contributed by atoms with Crippen molar-refractivity contribution in [3.63, 3.8) is 0 Å². The summed E-state index contributed by atoms with van der Waals surface area (Å²) in [6.07, 6.45) is 5.03. The van der Waals surface area contributed by atoms with E-state index < -0.39 is 15.6 Å². The summed E-state index contributed by atoms with van der Waals surface area (Å²) in [7, 11) is -3.21. The van der Waals surface area contributed by atoms with E-state index in [1.54, 1.807) is 0 Å². The molecule has 20 heavy (non-hydrogen) atoms. The summed E-state index contributed by atoms with van der Waals surface area (Å²) in [4.78, 5) is 0. The lowest BCUT2D eigenvalue weighted by Gasteiger charge is -2.27. The SMILES string of the molecule is CC(C)n1cc([C@H](C)NCC(C)(C)NS(C)(=O)=O)cn1. The van der Waals surface area contributed by atoms with Crippen LogP contribution in [0.3, 0.4) is 0 Å². The molecular formula is C13H26N4O2S. The van der Waals surface area contributed by atoms with Crippen molar-refractivity contribution < 1.29 is 8.42 Å². The summed E-state index contributed by atoms with van der Waals surface area (Å²) in [6.45, 7) is 10.4. The van der Waals surface area contributed by atoms with Gasteiger partial charge in [-0.2, -0.15) is 5.10 Å². The molecule has 0 aromatic carbocycles. The Labute approximate surface area is 122 Å². The van der Waals surface area contributed by atoms with Crippen LogP contribution in [0.15, 0.2) is 12.4 Å². The van der Waals surface area contributed by atoms with Crippen LogP contribution in [0.4, 0.5) is 0 Å². The molecule has 7 heteroatoms. The van der Waals surface area contributed by atoms with Gasteiger partial charge in [0.05, 0.1) is 12.5 Å². The molecule has 1 aromatic rings. The molecule has 1 rings (SSSR count). The van der Waals surface area contributed by atoms with Gasteiger partial charge in [0, 0.05) is 35.9 Å². The Hall–Kier alpha value is -0.920. The second-order valence-corrected chi connectivity index (χ2v) is 7.96. The Kier molecular flexibility index (Phi) is 5.34. The maximum absolute atomic E-state index is 11.3. The van der Waals surface area contributed by atoms with E-state index in [9.17, 15) is 8.42 Å². The first-order valence-corrected chi connectivity index (χ1v) is 8.66. The Balaban J connectivity index is 2.60. The Morgan fingerprint density at radius 1 is 1.35 bits per heavy atom. The highest BCUT2D eigenvalue weighted by atomic mass is 32.2. The first-order chi connectivity index (χ1) is 9.00. The van der Waals surface area contributed by atoms with Crippen molar-refractivity contribution >= 4 is 10.0 Å². The van der Waals surface area contributed by atoms with E-state index in [4.69, 9.17) is 0 Å². The van der Waals surface area contributed by atoms with Crippen LogP contribution in [0, 0.1) is 0 Å². The van der Waals surface area contributed by atoms with Crippen molar-refractivity contribution in [2.45, 2.75) is 52.2 Å². The van der Waals surface area contributed by atoms with Gasteiger partial charge in [-0.1, -0.05) is 0 Å². The fourth-order valence-corrected chi connectivity index (χ4v) is 3.00. The second kappa shape index (κ2) is 6.24. The van der Waals surface area contributed by atoms with E-state index in [0.29, 0.717) is 12.6 Å². The third kappa shape index (κ3) is 5.60. The van der Waals surface area contributed by atoms with Gasteiger partial charge in [0.1, 0.15) is 0 Å². The standard InChI is InChI=1S/C13H26N4O2S/c1-10(2)17-8-12(7-15-17)11(3)14-9-13(4,5)16-20(6,18)19/h7-8,10-11,14,16H,9H2,1-6H3/t11-/m0/s1. The quantitative estimate of drug-likeness (QED) is 0.799. The fraction of sp³-hybridized carbons (Fsp3) is 0.769. The number of nitrogens with zero attached hydrogens (tertiary/aromatic N) is 2. The lowest BCUT2D eigenvalue weighted by Crippen LogP contribution is -2.50. The Bertz CT molecular complexity index is 534. The minimum atomic E-state index is -3.21. The average molecular weight is 302 g/mol. The number of sulfonamides is 1. The molecule has 0 aliphatic heterocycles. The van der Waals surface area contributed by atoms with Crippen LogP contribution in [-0.2, 0) is 10.0 Å². The Morgan fingerprint density at radius 2 is 1.95 bits per heavy atom. The lowest BCUT2D eigenvalue weighted by molar-refractivity contribution is 0.399. The molecule has 0 amide bonds. The van der Waals surface area contributed by atoms with Gasteiger partial charge in [-0.3, -0.25) is 4.68 Å². The third-order valence-electron chi connectivity index (χ3n) is 2.96. The van der Waals surface area contributed by atoms with Crippen molar-refractivity contribution in [2.24, 2.45) is 0 Å². The third-order valence-corrected chi connectivity index (χ3v) is 3.89. The van der Waals surface area contributed by atoms with Crippen molar-refractivity contribution in [2.75, 3.05) is 12.8 Å². The molecule has 1 aromatic heterocycles. The second-order valence-electron chi connectivity index (χ2n) is 6.21. The predicted molar refractivity (Wildman–Crippen MR) is 81.1 cm³/mol. The first-order valence-electron chi connectivity index (χ1n) is 6.76. The number of hydrogen-bond donors (Lipinski definition) is 2. The number of nitrogens with one attached hydrogen (secondary N) is 2. The van der Waals surface area contributed by atoms with E-state index in [1.165, 1.54) is 6.26 Å². The van der Waals surface area contributed by atoms with E-state index >= 15 is 0 Å². The van der Waals surface area contributed by atoms with Crippen LogP contribution in [0.2, 0.25) is 0 Å². The molecule has 6 nitrogen and oxygen atoms in total. The summed E-state index contributed by atoms with van der Waals surface area (Å²) in [5.41, 5.74) is 0.560. The summed E-state index contributed by atoms with van der Waals surface area (Å²) in [6, 6.07) is 0.447. The minimum absolute atomic E-state index is 0.114. The molecule has 0 saturated heterocycles. The van der Waals surface area contributed by atoms with Crippen LogP contribution in [0.25, 0.3) is 0 Å². The monoisotopic (exact) mass is 302 g/mol. The molecule has 1 atom stereocenters. The highest BCUT2D eigenvalue weighted by Crippen LogP contribution is 2.14. The molecule has 116 valence electrons. The van der Waals surface area contributed by atoms with Gasteiger partial charge in [-0.05, 0) is 34.6 Å². The highest BCUT2D eigenvalue weighted by Gasteiger charge is 2.23. The number of hydrogen-bond acceptors (Lipinski definition) is 4. The molecule has 0 unspecified atom stereocenters. The van der Waals surface area contributed by atoms with Crippen LogP contribution >= 0.6 is 0 Å². The predicted octanol–water partition coefficient (Wildman–Crippen LogP) is 1.44. The lowest BCUT2D eigenvalue weighted by atomic mass is 10.1. The summed E-state index contributed by atoms with van der Waals surface area (Å²) in [5, 5.41) is 7.64. The van der Waals surface area contributed by atoms with Gasteiger partial charge < -0.3 is 5.32 Å². The number of aromatic nitrogens is 2. The smallest absolute Gasteiger partial charge is 0.209 e. The van der Waals surface area contributed by atoms with Crippen LogP contribution in [0.1, 0.15) is 52.3 Å². The summed E-state index contributed by atoms with van der Waals surface area (Å²) >= 11 is 0. The topological polar surface area (TPSA) is 76.0 Å². The van der Waals surface area contributed by atoms with E-state index in [0.717, 1.165) is 5.56 Å². The van der Waals surface area contributed by atoms with E-state index in [1.807, 2.05) is 37.8 Å². The van der Waals surface area contributed by atoms with Gasteiger partial charge in [0.2, 0.25) is 10.0 Å². The van der Waals surface area contributed by atoms with Gasteiger partial charge in [0.15, 0.2) is 0 Å². The highest BCUT2D eigenvalue weighted by molar-refractivity contribution is 7.88. The normalized spacial score (nSPS) is 14.8. The first kappa shape index (κ1) is 17.1. The average Bonchev–Trinajstić information content (AvgIpc) is 2.71. The maximum Gasteiger partial charge on any atom is 0.209 e. The molecule has 0 saturated carbocycles. The van der Waals surface area contributed by atoms with E-state index in [2.05, 4.69) is 29.0 Å². The van der Waals surface area contributed by atoms with Crippen LogP contribution in [-0.4, -0.2) is 36.5 Å². The van der Waals surface area contributed by atoms with Crippen LogP contribution in [0.5, 0.6) is 0 Å². The van der Waals surface area contributed by atoms with Gasteiger partial charge >= 0.3 is 0 Å². The molecule has 0 aliphatic rings. The van der Waals surface area contributed by atoms with Crippen molar-refractivity contribution in [1.82, 2.24) is 19.8 Å². The van der Waals surface area contributed by atoms with E-state index in [-0.39, 0.29) is 6.04 Å². The van der Waals surface area contributed by atoms with Gasteiger partial charge in [-0.15, -0.1) is 0 Å². The largest absolute Gasteiger partial charge is 0.308 e. The molecule has 1 heterocycles. The van der Waals surface area contributed by atoms with Crippen molar-refractivity contribution in [3.05, 3.63) is 18.0 Å². The van der Waals surface area contributed by atoms with Gasteiger partial charge in [-0.25, -0.2) is 13.1 Å². The molecule has 0 fully saturated rings. The minimum Gasteiger partial charge on any atom is -0.308 e. The molecule has 0 bridgehead atoms. The summed E-state index contributed by atoms with van der Waals surface area (Å²) < 4.78 is 27.1. The number of rotatable bonds is 7. The maximum atomic E-state index is 11.3. The zero-order chi connectivity index (χ0) is 15.6. The fourth-order valence-electron chi connectivity index (χ4n) is 1.92. The van der Waals surface area contributed by atoms with Crippen molar-refractivity contribution in [1.29, 1.82) is 0 Å². The zero-order valence-corrected chi connectivity index (χ0v) is 14.0. The van der Waals surface area contributed by atoms with Crippen molar-refractivity contribution in [3.8, 4) is 0 Å². The van der Waals surface area contributed by atoms with Crippen LogP contribution < -0.4 is 10.0 Å². The zero-order valence-electron chi connectivity index (χ0n) is 13.1. The van der Waals surface area contributed by atoms with Gasteiger partial charge in [0.25, 0.3) is 0 Å². The molecule has 0 spiro atoms.